The van der Waals surface area contributed by atoms with Gasteiger partial charge in [0.05, 0.1) is 38.9 Å². The first kappa shape index (κ1) is 27.5. The van der Waals surface area contributed by atoms with Crippen molar-refractivity contribution < 1.29 is 32.1 Å². The van der Waals surface area contributed by atoms with E-state index in [1.807, 2.05) is 49.4 Å². The molecule has 0 radical (unpaired) electrons. The molecule has 5 aromatic rings. The summed E-state index contributed by atoms with van der Waals surface area (Å²) >= 11 is 0. The van der Waals surface area contributed by atoms with Gasteiger partial charge in [0.1, 0.15) is 35.4 Å². The Labute approximate surface area is 245 Å². The van der Waals surface area contributed by atoms with Crippen LogP contribution in [0.2, 0.25) is 0 Å². The molecule has 0 saturated carbocycles. The van der Waals surface area contributed by atoms with E-state index in [0.717, 1.165) is 33.2 Å². The average molecular weight is 586 g/mol. The van der Waals surface area contributed by atoms with Gasteiger partial charge in [-0.1, -0.05) is 35.9 Å². The van der Waals surface area contributed by atoms with Crippen molar-refractivity contribution in [1.29, 1.82) is 0 Å². The van der Waals surface area contributed by atoms with Crippen LogP contribution in [0.25, 0.3) is 10.9 Å². The maximum atomic E-state index is 14.1. The second-order valence-corrected chi connectivity index (χ2v) is 11.9. The number of benzene rings is 4. The molecule has 1 unspecified atom stereocenters. The molecule has 1 atom stereocenters. The highest BCUT2D eigenvalue weighted by molar-refractivity contribution is 7.90. The number of para-hydroxylation sites is 1. The molecule has 0 saturated heterocycles. The minimum absolute atomic E-state index is 0.204. The fraction of sp³-hybridized carbons (Fsp3) is 0.212. The summed E-state index contributed by atoms with van der Waals surface area (Å²) in [6.45, 7) is 2.15. The van der Waals surface area contributed by atoms with Crippen LogP contribution in [0, 0.1) is 6.92 Å². The van der Waals surface area contributed by atoms with E-state index in [4.69, 9.17) is 23.7 Å². The summed E-state index contributed by atoms with van der Waals surface area (Å²) in [5, 5.41) is 0.771. The summed E-state index contributed by atoms with van der Waals surface area (Å²) in [4.78, 5) is 0.204. The third-order valence-corrected chi connectivity index (χ3v) is 9.44. The van der Waals surface area contributed by atoms with Crippen LogP contribution in [0.4, 0.5) is 0 Å². The third-order valence-electron chi connectivity index (χ3n) is 7.75. The molecule has 8 nitrogen and oxygen atoms in total. The number of aromatic nitrogens is 1. The molecule has 0 fully saturated rings. The van der Waals surface area contributed by atoms with E-state index in [1.165, 1.54) is 3.97 Å². The van der Waals surface area contributed by atoms with Crippen molar-refractivity contribution in [3.8, 4) is 28.7 Å². The minimum Gasteiger partial charge on any atom is -0.497 e. The second-order valence-electron chi connectivity index (χ2n) is 10.1. The van der Waals surface area contributed by atoms with Gasteiger partial charge in [-0.3, -0.25) is 0 Å². The van der Waals surface area contributed by atoms with Crippen molar-refractivity contribution >= 4 is 20.9 Å². The van der Waals surface area contributed by atoms with Crippen LogP contribution in [0.5, 0.6) is 28.7 Å². The van der Waals surface area contributed by atoms with Gasteiger partial charge in [-0.25, -0.2) is 12.4 Å². The predicted octanol–water partition coefficient (Wildman–Crippen LogP) is 6.29. The molecule has 2 heterocycles. The molecule has 1 aliphatic rings. The number of nitrogens with zero attached hydrogens (tertiary/aromatic N) is 1. The van der Waals surface area contributed by atoms with Crippen LogP contribution >= 0.6 is 0 Å². The zero-order valence-electron chi connectivity index (χ0n) is 24.0. The quantitative estimate of drug-likeness (QED) is 0.222. The van der Waals surface area contributed by atoms with Crippen LogP contribution in [-0.2, 0) is 16.6 Å². The average Bonchev–Trinajstić information content (AvgIpc) is 3.32. The number of hydrogen-bond donors (Lipinski definition) is 0. The smallest absolute Gasteiger partial charge is 0.268 e. The number of ether oxygens (including phenoxy) is 5. The Hall–Kier alpha value is -4.63. The van der Waals surface area contributed by atoms with E-state index >= 15 is 0 Å². The molecule has 4 aromatic carbocycles. The van der Waals surface area contributed by atoms with E-state index < -0.39 is 15.9 Å². The minimum atomic E-state index is -3.93. The van der Waals surface area contributed by atoms with Crippen LogP contribution in [0.15, 0.2) is 83.9 Å². The molecule has 0 amide bonds. The zero-order valence-corrected chi connectivity index (χ0v) is 24.8. The molecule has 216 valence electrons. The second kappa shape index (κ2) is 10.6. The van der Waals surface area contributed by atoms with Gasteiger partial charge in [-0.05, 0) is 36.8 Å². The molecular weight excluding hydrogens is 554 g/mol. The maximum Gasteiger partial charge on any atom is 0.268 e. The lowest BCUT2D eigenvalue weighted by Gasteiger charge is -2.24. The van der Waals surface area contributed by atoms with Gasteiger partial charge in [-0.15, -0.1) is 0 Å². The Morgan fingerprint density at radius 1 is 0.786 bits per heavy atom. The summed E-state index contributed by atoms with van der Waals surface area (Å²) < 4.78 is 58.9. The van der Waals surface area contributed by atoms with Crippen LogP contribution in [-0.4, -0.2) is 40.8 Å². The molecule has 9 heteroatoms. The number of methoxy groups -OCH3 is 4. The van der Waals surface area contributed by atoms with Gasteiger partial charge in [0.25, 0.3) is 10.0 Å². The monoisotopic (exact) mass is 585 g/mol. The van der Waals surface area contributed by atoms with Gasteiger partial charge in [-0.2, -0.15) is 0 Å². The van der Waals surface area contributed by atoms with E-state index in [9.17, 15) is 8.42 Å². The molecule has 0 N–H and O–H groups in total. The van der Waals surface area contributed by atoms with E-state index in [-0.39, 0.29) is 11.5 Å². The standard InChI is InChI=1S/C33H31NO7S/c1-20-10-12-24(13-11-20)42(35,36)34-18-26(25-8-6-7-9-27(25)34)32-31-21(14-22(37-2)15-28(31)39-4)19-41-30-17-23(38-3)16-29(40-5)33(30)32/h6-18,32H,19H2,1-5H3. The predicted molar refractivity (Wildman–Crippen MR) is 160 cm³/mol. The molecule has 1 aromatic heterocycles. The first-order chi connectivity index (χ1) is 20.3. The Kier molecular flexibility index (Phi) is 6.98. The number of aryl methyl sites for hydroxylation is 1. The van der Waals surface area contributed by atoms with Gasteiger partial charge >= 0.3 is 0 Å². The van der Waals surface area contributed by atoms with Crippen molar-refractivity contribution in [2.24, 2.45) is 0 Å². The summed E-state index contributed by atoms with van der Waals surface area (Å²) in [6, 6.07) is 21.7. The highest BCUT2D eigenvalue weighted by Gasteiger charge is 2.36. The summed E-state index contributed by atoms with van der Waals surface area (Å²) in [5.41, 5.74) is 4.69. The van der Waals surface area contributed by atoms with Crippen LogP contribution in [0.1, 0.15) is 33.7 Å². The lowest BCUT2D eigenvalue weighted by Crippen LogP contribution is -2.12. The first-order valence-corrected chi connectivity index (χ1v) is 14.8. The molecule has 0 bridgehead atoms. The lowest BCUT2D eigenvalue weighted by molar-refractivity contribution is 0.299. The largest absolute Gasteiger partial charge is 0.497 e. The molecule has 0 aliphatic carbocycles. The molecule has 0 spiro atoms. The van der Waals surface area contributed by atoms with Crippen molar-refractivity contribution in [3.63, 3.8) is 0 Å². The van der Waals surface area contributed by atoms with Crippen LogP contribution < -0.4 is 23.7 Å². The Morgan fingerprint density at radius 2 is 1.43 bits per heavy atom. The Balaban J connectivity index is 1.71. The maximum absolute atomic E-state index is 14.1. The summed E-state index contributed by atoms with van der Waals surface area (Å²) in [5.74, 6) is 2.35. The van der Waals surface area contributed by atoms with E-state index in [2.05, 4.69) is 0 Å². The first-order valence-electron chi connectivity index (χ1n) is 13.4. The van der Waals surface area contributed by atoms with Crippen molar-refractivity contribution in [1.82, 2.24) is 3.97 Å². The van der Waals surface area contributed by atoms with Crippen molar-refractivity contribution in [2.45, 2.75) is 24.3 Å². The van der Waals surface area contributed by atoms with Gasteiger partial charge in [0.2, 0.25) is 0 Å². The Morgan fingerprint density at radius 3 is 2.10 bits per heavy atom. The van der Waals surface area contributed by atoms with Crippen molar-refractivity contribution in [3.05, 3.63) is 107 Å². The molecule has 1 aliphatic heterocycles. The topological polar surface area (TPSA) is 85.2 Å². The normalized spacial score (nSPS) is 14.4. The SMILES string of the molecule is COc1cc2c(c(OC)c1)C(c1cn(S(=O)(=O)c3ccc(C)cc3)c3ccccc13)c1c(OC)cc(OC)cc1OC2. The number of rotatable bonds is 7. The highest BCUT2D eigenvalue weighted by Crippen LogP contribution is 2.52. The van der Waals surface area contributed by atoms with Gasteiger partial charge in [0.15, 0.2) is 0 Å². The van der Waals surface area contributed by atoms with Crippen molar-refractivity contribution in [2.75, 3.05) is 28.4 Å². The van der Waals surface area contributed by atoms with E-state index in [0.29, 0.717) is 34.3 Å². The molecule has 6 rings (SSSR count). The summed E-state index contributed by atoms with van der Waals surface area (Å²) in [7, 11) is 2.45. The van der Waals surface area contributed by atoms with Gasteiger partial charge < -0.3 is 23.7 Å². The van der Waals surface area contributed by atoms with Gasteiger partial charge in [0, 0.05) is 52.4 Å². The fourth-order valence-electron chi connectivity index (χ4n) is 5.70. The van der Waals surface area contributed by atoms with Crippen LogP contribution in [0.3, 0.4) is 0 Å². The number of hydrogen-bond acceptors (Lipinski definition) is 7. The molecular formula is C33H31NO7S. The highest BCUT2D eigenvalue weighted by atomic mass is 32.2. The zero-order chi connectivity index (χ0) is 29.6. The van der Waals surface area contributed by atoms with E-state index in [1.54, 1.807) is 65.0 Å². The Bertz CT molecular complexity index is 1850. The lowest BCUT2D eigenvalue weighted by atomic mass is 9.81. The fourth-order valence-corrected chi connectivity index (χ4v) is 7.07. The molecule has 42 heavy (non-hydrogen) atoms. The summed E-state index contributed by atoms with van der Waals surface area (Å²) in [6.07, 6.45) is 1.71. The third kappa shape index (κ3) is 4.41. The number of fused-ring (bicyclic) bond motifs is 3.